The van der Waals surface area contributed by atoms with Crippen molar-refractivity contribution >= 4 is 10.0 Å². The SMILES string of the molecule is CCS(=O)(=O)N1CCC(Cn2c(C)cnc2C2CCC2)C1. The number of imidazole rings is 1. The smallest absolute Gasteiger partial charge is 0.213 e. The molecule has 6 heteroatoms. The van der Waals surface area contributed by atoms with Crippen LogP contribution >= 0.6 is 0 Å². The lowest BCUT2D eigenvalue weighted by atomic mass is 9.84. The minimum atomic E-state index is -3.03. The monoisotopic (exact) mass is 311 g/mol. The fourth-order valence-electron chi connectivity index (χ4n) is 3.35. The van der Waals surface area contributed by atoms with Gasteiger partial charge >= 0.3 is 0 Å². The van der Waals surface area contributed by atoms with Crippen LogP contribution in [-0.2, 0) is 16.6 Å². The Kier molecular flexibility index (Phi) is 4.10. The molecule has 1 saturated carbocycles. The van der Waals surface area contributed by atoms with Gasteiger partial charge in [0.2, 0.25) is 10.0 Å². The summed E-state index contributed by atoms with van der Waals surface area (Å²) < 4.78 is 27.9. The normalized spacial score (nSPS) is 24.4. The molecule has 1 aromatic heterocycles. The molecule has 1 aliphatic carbocycles. The zero-order valence-corrected chi connectivity index (χ0v) is 13.8. The van der Waals surface area contributed by atoms with Crippen LogP contribution in [0.25, 0.3) is 0 Å². The standard InChI is InChI=1S/C15H25N3O2S/c1-3-21(19,20)17-8-7-13(10-17)11-18-12(2)9-16-15(18)14-5-4-6-14/h9,13-14H,3-8,10-11H2,1-2H3. The van der Waals surface area contributed by atoms with E-state index in [4.69, 9.17) is 0 Å². The molecule has 5 nitrogen and oxygen atoms in total. The number of rotatable bonds is 5. The van der Waals surface area contributed by atoms with E-state index in [1.165, 1.54) is 30.8 Å². The number of hydrogen-bond acceptors (Lipinski definition) is 3. The van der Waals surface area contributed by atoms with Gasteiger partial charge in [-0.15, -0.1) is 0 Å². The summed E-state index contributed by atoms with van der Waals surface area (Å²) in [7, 11) is -3.03. The van der Waals surface area contributed by atoms with Gasteiger partial charge in [0.25, 0.3) is 0 Å². The Bertz CT molecular complexity index is 604. The van der Waals surface area contributed by atoms with E-state index in [-0.39, 0.29) is 5.75 Å². The molecular weight excluding hydrogens is 286 g/mol. The van der Waals surface area contributed by atoms with Crippen molar-refractivity contribution in [2.24, 2.45) is 5.92 Å². The van der Waals surface area contributed by atoms with Gasteiger partial charge in [0.1, 0.15) is 5.82 Å². The predicted molar refractivity (Wildman–Crippen MR) is 82.7 cm³/mol. The van der Waals surface area contributed by atoms with Crippen LogP contribution < -0.4 is 0 Å². The maximum atomic E-state index is 12.0. The second-order valence-electron chi connectivity index (χ2n) is 6.41. The summed E-state index contributed by atoms with van der Waals surface area (Å²) in [4.78, 5) is 4.59. The van der Waals surface area contributed by atoms with Crippen LogP contribution in [0.5, 0.6) is 0 Å². The van der Waals surface area contributed by atoms with Crippen molar-refractivity contribution < 1.29 is 8.42 Å². The first-order valence-corrected chi connectivity index (χ1v) is 9.62. The molecule has 0 aromatic carbocycles. The molecule has 0 N–H and O–H groups in total. The van der Waals surface area contributed by atoms with Crippen molar-refractivity contribution in [3.63, 3.8) is 0 Å². The fourth-order valence-corrected chi connectivity index (χ4v) is 4.54. The van der Waals surface area contributed by atoms with Gasteiger partial charge in [-0.2, -0.15) is 0 Å². The average Bonchev–Trinajstić information content (AvgIpc) is 2.99. The van der Waals surface area contributed by atoms with Gasteiger partial charge in [0.15, 0.2) is 0 Å². The zero-order valence-electron chi connectivity index (χ0n) is 13.0. The first-order valence-electron chi connectivity index (χ1n) is 8.01. The minimum Gasteiger partial charge on any atom is -0.332 e. The predicted octanol–water partition coefficient (Wildman–Crippen LogP) is 2.13. The lowest BCUT2D eigenvalue weighted by molar-refractivity contribution is 0.364. The van der Waals surface area contributed by atoms with Crippen LogP contribution in [0.3, 0.4) is 0 Å². The number of nitrogens with zero attached hydrogens (tertiary/aromatic N) is 3. The molecule has 2 aliphatic rings. The Balaban J connectivity index is 1.69. The van der Waals surface area contributed by atoms with E-state index in [1.807, 2.05) is 6.20 Å². The van der Waals surface area contributed by atoms with Crippen LogP contribution in [0.1, 0.15) is 50.0 Å². The second kappa shape index (κ2) is 5.72. The molecule has 1 atom stereocenters. The molecule has 3 rings (SSSR count). The molecule has 1 saturated heterocycles. The van der Waals surface area contributed by atoms with Crippen LogP contribution in [0.2, 0.25) is 0 Å². The molecule has 1 aliphatic heterocycles. The van der Waals surface area contributed by atoms with Gasteiger partial charge in [-0.25, -0.2) is 17.7 Å². The second-order valence-corrected chi connectivity index (χ2v) is 8.67. The van der Waals surface area contributed by atoms with E-state index in [0.717, 1.165) is 13.0 Å². The number of sulfonamides is 1. The van der Waals surface area contributed by atoms with Crippen molar-refractivity contribution in [1.82, 2.24) is 13.9 Å². The Morgan fingerprint density at radius 2 is 2.10 bits per heavy atom. The Morgan fingerprint density at radius 3 is 2.71 bits per heavy atom. The van der Waals surface area contributed by atoms with Gasteiger partial charge in [-0.1, -0.05) is 6.42 Å². The van der Waals surface area contributed by atoms with Gasteiger partial charge < -0.3 is 4.57 Å². The summed E-state index contributed by atoms with van der Waals surface area (Å²) in [6.45, 7) is 6.07. The summed E-state index contributed by atoms with van der Waals surface area (Å²) in [6.07, 6.45) is 6.72. The maximum absolute atomic E-state index is 12.0. The Morgan fingerprint density at radius 1 is 1.33 bits per heavy atom. The Hall–Kier alpha value is -0.880. The highest BCUT2D eigenvalue weighted by molar-refractivity contribution is 7.89. The summed E-state index contributed by atoms with van der Waals surface area (Å²) in [5.74, 6) is 2.46. The summed E-state index contributed by atoms with van der Waals surface area (Å²) >= 11 is 0. The van der Waals surface area contributed by atoms with Crippen molar-refractivity contribution in [2.75, 3.05) is 18.8 Å². The lowest BCUT2D eigenvalue weighted by Gasteiger charge is -2.27. The minimum absolute atomic E-state index is 0.206. The number of aromatic nitrogens is 2. The first-order chi connectivity index (χ1) is 10.0. The third-order valence-corrected chi connectivity index (χ3v) is 6.85. The van der Waals surface area contributed by atoms with Crippen molar-refractivity contribution in [2.45, 2.75) is 52.0 Å². The molecular formula is C15H25N3O2S. The molecule has 0 spiro atoms. The van der Waals surface area contributed by atoms with Crippen LogP contribution in [-0.4, -0.2) is 41.1 Å². The van der Waals surface area contributed by atoms with E-state index in [2.05, 4.69) is 16.5 Å². The topological polar surface area (TPSA) is 55.2 Å². The van der Waals surface area contributed by atoms with Crippen molar-refractivity contribution in [3.05, 3.63) is 17.7 Å². The number of hydrogen-bond donors (Lipinski definition) is 0. The molecule has 2 heterocycles. The van der Waals surface area contributed by atoms with E-state index < -0.39 is 10.0 Å². The highest BCUT2D eigenvalue weighted by Crippen LogP contribution is 2.36. The van der Waals surface area contributed by atoms with E-state index in [1.54, 1.807) is 11.2 Å². The van der Waals surface area contributed by atoms with Gasteiger partial charge in [0.05, 0.1) is 5.75 Å². The zero-order chi connectivity index (χ0) is 15.0. The molecule has 2 fully saturated rings. The van der Waals surface area contributed by atoms with E-state index >= 15 is 0 Å². The van der Waals surface area contributed by atoms with Crippen molar-refractivity contribution in [1.29, 1.82) is 0 Å². The molecule has 0 radical (unpaired) electrons. The molecule has 21 heavy (non-hydrogen) atoms. The van der Waals surface area contributed by atoms with E-state index in [9.17, 15) is 8.42 Å². The van der Waals surface area contributed by atoms with E-state index in [0.29, 0.717) is 24.9 Å². The van der Waals surface area contributed by atoms with Gasteiger partial charge in [-0.05, 0) is 39.0 Å². The van der Waals surface area contributed by atoms with Gasteiger partial charge in [0, 0.05) is 37.4 Å². The largest absolute Gasteiger partial charge is 0.332 e. The molecule has 1 aromatic rings. The lowest BCUT2D eigenvalue weighted by Crippen LogP contribution is -2.31. The third kappa shape index (κ3) is 2.88. The number of aryl methyl sites for hydroxylation is 1. The first kappa shape index (κ1) is 15.0. The van der Waals surface area contributed by atoms with Crippen LogP contribution in [0.4, 0.5) is 0 Å². The van der Waals surface area contributed by atoms with Crippen LogP contribution in [0, 0.1) is 12.8 Å². The summed E-state index contributed by atoms with van der Waals surface area (Å²) in [5, 5.41) is 0. The van der Waals surface area contributed by atoms with Gasteiger partial charge in [-0.3, -0.25) is 0 Å². The third-order valence-electron chi connectivity index (χ3n) is 5.00. The van der Waals surface area contributed by atoms with Crippen molar-refractivity contribution in [3.8, 4) is 0 Å². The average molecular weight is 311 g/mol. The van der Waals surface area contributed by atoms with Crippen LogP contribution in [0.15, 0.2) is 6.20 Å². The Labute approximate surface area is 127 Å². The molecule has 0 bridgehead atoms. The highest BCUT2D eigenvalue weighted by atomic mass is 32.2. The highest BCUT2D eigenvalue weighted by Gasteiger charge is 2.32. The summed E-state index contributed by atoms with van der Waals surface area (Å²) in [5.41, 5.74) is 1.20. The molecule has 118 valence electrons. The molecule has 1 unspecified atom stereocenters. The molecule has 0 amide bonds. The summed E-state index contributed by atoms with van der Waals surface area (Å²) in [6, 6.07) is 0. The fraction of sp³-hybridized carbons (Fsp3) is 0.800. The maximum Gasteiger partial charge on any atom is 0.213 e. The quantitative estimate of drug-likeness (QED) is 0.837.